The first-order valence-electron chi connectivity index (χ1n) is 3.32. The van der Waals surface area contributed by atoms with Crippen LogP contribution in [0.5, 0.6) is 0 Å². The summed E-state index contributed by atoms with van der Waals surface area (Å²) in [5.41, 5.74) is 5.55. The molecule has 1 heterocycles. The Kier molecular flexibility index (Phi) is 2.45. The summed E-state index contributed by atoms with van der Waals surface area (Å²) in [4.78, 5) is 0. The van der Waals surface area contributed by atoms with Gasteiger partial charge in [0.15, 0.2) is 0 Å². The Labute approximate surface area is 54.8 Å². The molecule has 0 aromatic carbocycles. The van der Waals surface area contributed by atoms with Crippen molar-refractivity contribution < 1.29 is 9.84 Å². The van der Waals surface area contributed by atoms with Crippen LogP contribution in [0.1, 0.15) is 12.8 Å². The summed E-state index contributed by atoms with van der Waals surface area (Å²) in [6.45, 7) is 1.34. The molecule has 0 saturated carbocycles. The minimum absolute atomic E-state index is 0.0764. The van der Waals surface area contributed by atoms with Crippen molar-refractivity contribution in [2.45, 2.75) is 25.0 Å². The van der Waals surface area contributed by atoms with E-state index < -0.39 is 0 Å². The van der Waals surface area contributed by atoms with Gasteiger partial charge in [0, 0.05) is 19.3 Å². The summed E-state index contributed by atoms with van der Waals surface area (Å²) < 4.78 is 5.10. The number of ether oxygens (including phenoxy) is 1. The first kappa shape index (κ1) is 6.99. The summed E-state index contributed by atoms with van der Waals surface area (Å²) in [6, 6.07) is -0.0764. The van der Waals surface area contributed by atoms with Crippen molar-refractivity contribution >= 4 is 0 Å². The number of nitrogens with two attached hydrogens (primary N) is 1. The Morgan fingerprint density at radius 3 is 2.78 bits per heavy atom. The summed E-state index contributed by atoms with van der Waals surface area (Å²) in [7, 11) is 0. The van der Waals surface area contributed by atoms with E-state index in [2.05, 4.69) is 0 Å². The first-order chi connectivity index (χ1) is 4.30. The molecule has 1 aliphatic heterocycles. The van der Waals surface area contributed by atoms with E-state index in [0.29, 0.717) is 19.6 Å². The minimum atomic E-state index is -0.354. The van der Waals surface area contributed by atoms with Gasteiger partial charge in [-0.2, -0.15) is 0 Å². The SMILES string of the molecule is N[C@@H]1CCOCC[C@@H]1O. The van der Waals surface area contributed by atoms with Crippen LogP contribution in [0.25, 0.3) is 0 Å². The molecular formula is C6H13NO2. The van der Waals surface area contributed by atoms with Crippen LogP contribution in [0.3, 0.4) is 0 Å². The highest BCUT2D eigenvalue weighted by Gasteiger charge is 2.16. The van der Waals surface area contributed by atoms with Crippen LogP contribution in [-0.2, 0) is 4.74 Å². The van der Waals surface area contributed by atoms with Crippen LogP contribution < -0.4 is 5.73 Å². The van der Waals surface area contributed by atoms with Gasteiger partial charge in [-0.15, -0.1) is 0 Å². The zero-order valence-electron chi connectivity index (χ0n) is 5.42. The van der Waals surface area contributed by atoms with E-state index in [1.54, 1.807) is 0 Å². The lowest BCUT2D eigenvalue weighted by Crippen LogP contribution is -2.33. The molecular weight excluding hydrogens is 118 g/mol. The van der Waals surface area contributed by atoms with Crippen molar-refractivity contribution in [1.82, 2.24) is 0 Å². The molecule has 0 bridgehead atoms. The molecule has 0 amide bonds. The van der Waals surface area contributed by atoms with Gasteiger partial charge in [-0.1, -0.05) is 0 Å². The molecule has 3 nitrogen and oxygen atoms in total. The fourth-order valence-corrected chi connectivity index (χ4v) is 0.932. The second-order valence-electron chi connectivity index (χ2n) is 2.42. The average Bonchev–Trinajstić information content (AvgIpc) is 1.99. The molecule has 1 rings (SSSR count). The summed E-state index contributed by atoms with van der Waals surface area (Å²) in [6.07, 6.45) is 1.11. The molecule has 54 valence electrons. The third kappa shape index (κ3) is 1.93. The molecule has 1 saturated heterocycles. The van der Waals surface area contributed by atoms with Gasteiger partial charge in [0.05, 0.1) is 6.10 Å². The van der Waals surface area contributed by atoms with Gasteiger partial charge >= 0.3 is 0 Å². The smallest absolute Gasteiger partial charge is 0.0713 e. The van der Waals surface area contributed by atoms with Gasteiger partial charge in [0.2, 0.25) is 0 Å². The van der Waals surface area contributed by atoms with Gasteiger partial charge in [-0.05, 0) is 12.8 Å². The Balaban J connectivity index is 2.32. The van der Waals surface area contributed by atoms with Gasteiger partial charge in [0.25, 0.3) is 0 Å². The maximum Gasteiger partial charge on any atom is 0.0713 e. The molecule has 3 heteroatoms. The normalized spacial score (nSPS) is 38.0. The van der Waals surface area contributed by atoms with Crippen LogP contribution in [0.15, 0.2) is 0 Å². The second kappa shape index (κ2) is 3.15. The Bertz CT molecular complexity index is 77.1. The third-order valence-corrected chi connectivity index (χ3v) is 1.65. The van der Waals surface area contributed by atoms with Crippen LogP contribution in [-0.4, -0.2) is 30.5 Å². The zero-order chi connectivity index (χ0) is 6.69. The molecule has 3 N–H and O–H groups in total. The number of rotatable bonds is 0. The molecule has 0 aromatic heterocycles. The average molecular weight is 131 g/mol. The molecule has 0 radical (unpaired) electrons. The largest absolute Gasteiger partial charge is 0.391 e. The number of hydrogen-bond donors (Lipinski definition) is 2. The van der Waals surface area contributed by atoms with Crippen molar-refractivity contribution in [2.75, 3.05) is 13.2 Å². The van der Waals surface area contributed by atoms with E-state index in [1.807, 2.05) is 0 Å². The van der Waals surface area contributed by atoms with E-state index in [-0.39, 0.29) is 12.1 Å². The highest BCUT2D eigenvalue weighted by molar-refractivity contribution is 4.73. The minimum Gasteiger partial charge on any atom is -0.391 e. The predicted molar refractivity (Wildman–Crippen MR) is 34.0 cm³/mol. The number of aliphatic hydroxyl groups excluding tert-OH is 1. The first-order valence-corrected chi connectivity index (χ1v) is 3.32. The van der Waals surface area contributed by atoms with Crippen molar-refractivity contribution in [3.8, 4) is 0 Å². The summed E-state index contributed by atoms with van der Waals surface area (Å²) in [5.74, 6) is 0. The van der Waals surface area contributed by atoms with E-state index in [0.717, 1.165) is 6.42 Å². The molecule has 9 heavy (non-hydrogen) atoms. The standard InChI is InChI=1S/C6H13NO2/c7-5-1-3-9-4-2-6(5)8/h5-6,8H,1-4,7H2/t5-,6+/m1/s1. The van der Waals surface area contributed by atoms with Gasteiger partial charge in [0.1, 0.15) is 0 Å². The molecule has 1 aliphatic rings. The van der Waals surface area contributed by atoms with Crippen LogP contribution in [0, 0.1) is 0 Å². The van der Waals surface area contributed by atoms with Gasteiger partial charge in [-0.3, -0.25) is 0 Å². The molecule has 0 aliphatic carbocycles. The fourth-order valence-electron chi connectivity index (χ4n) is 0.932. The molecule has 0 unspecified atom stereocenters. The summed E-state index contributed by atoms with van der Waals surface area (Å²) in [5, 5.41) is 9.15. The van der Waals surface area contributed by atoms with E-state index >= 15 is 0 Å². The lowest BCUT2D eigenvalue weighted by molar-refractivity contribution is 0.114. The summed E-state index contributed by atoms with van der Waals surface area (Å²) >= 11 is 0. The maximum absolute atomic E-state index is 9.15. The number of aliphatic hydroxyl groups is 1. The van der Waals surface area contributed by atoms with Crippen molar-refractivity contribution in [2.24, 2.45) is 5.73 Å². The Hall–Kier alpha value is -0.120. The Morgan fingerprint density at radius 1 is 1.33 bits per heavy atom. The van der Waals surface area contributed by atoms with Crippen LogP contribution >= 0.6 is 0 Å². The zero-order valence-corrected chi connectivity index (χ0v) is 5.42. The van der Waals surface area contributed by atoms with Crippen molar-refractivity contribution in [1.29, 1.82) is 0 Å². The van der Waals surface area contributed by atoms with Gasteiger partial charge in [-0.25, -0.2) is 0 Å². The second-order valence-corrected chi connectivity index (χ2v) is 2.42. The predicted octanol–water partition coefficient (Wildman–Crippen LogP) is -0.515. The highest BCUT2D eigenvalue weighted by atomic mass is 16.5. The topological polar surface area (TPSA) is 55.5 Å². The maximum atomic E-state index is 9.15. The Morgan fingerprint density at radius 2 is 2.00 bits per heavy atom. The molecule has 1 fully saturated rings. The highest BCUT2D eigenvalue weighted by Crippen LogP contribution is 2.05. The lowest BCUT2D eigenvalue weighted by Gasteiger charge is -2.12. The van der Waals surface area contributed by atoms with Crippen LogP contribution in [0.4, 0.5) is 0 Å². The molecule has 2 atom stereocenters. The van der Waals surface area contributed by atoms with Crippen molar-refractivity contribution in [3.05, 3.63) is 0 Å². The number of hydrogen-bond acceptors (Lipinski definition) is 3. The van der Waals surface area contributed by atoms with Crippen molar-refractivity contribution in [3.63, 3.8) is 0 Å². The van der Waals surface area contributed by atoms with E-state index in [9.17, 15) is 0 Å². The molecule has 0 spiro atoms. The monoisotopic (exact) mass is 131 g/mol. The fraction of sp³-hybridized carbons (Fsp3) is 1.00. The van der Waals surface area contributed by atoms with Crippen LogP contribution in [0.2, 0.25) is 0 Å². The molecule has 0 aromatic rings. The van der Waals surface area contributed by atoms with E-state index in [1.165, 1.54) is 0 Å². The van der Waals surface area contributed by atoms with E-state index in [4.69, 9.17) is 15.6 Å². The van der Waals surface area contributed by atoms with Gasteiger partial charge < -0.3 is 15.6 Å². The lowest BCUT2D eigenvalue weighted by atomic mass is 10.1. The quantitative estimate of drug-likeness (QED) is 0.465. The third-order valence-electron chi connectivity index (χ3n) is 1.65.